The molecule has 1 rings (SSSR count). The van der Waals surface area contributed by atoms with Crippen molar-refractivity contribution in [3.63, 3.8) is 0 Å². The zero-order valence-corrected chi connectivity index (χ0v) is 11.4. The molecule has 1 N–H and O–H groups in total. The number of ether oxygens (including phenoxy) is 1. The number of Topliss-reactive ketones (excluding diaryl/α,β-unsaturated/α-hetero) is 1. The number of halogens is 2. The van der Waals surface area contributed by atoms with Gasteiger partial charge in [-0.3, -0.25) is 4.79 Å². The summed E-state index contributed by atoms with van der Waals surface area (Å²) in [6.45, 7) is 4.64. The van der Waals surface area contributed by atoms with Gasteiger partial charge in [0.1, 0.15) is 12.4 Å². The Morgan fingerprint density at radius 1 is 1.41 bits per heavy atom. The van der Waals surface area contributed by atoms with Crippen molar-refractivity contribution >= 4 is 29.0 Å². The van der Waals surface area contributed by atoms with E-state index in [-0.39, 0.29) is 23.2 Å². The van der Waals surface area contributed by atoms with Gasteiger partial charge in [-0.25, -0.2) is 0 Å². The molecule has 0 radical (unpaired) electrons. The van der Waals surface area contributed by atoms with Crippen LogP contribution in [-0.2, 0) is 0 Å². The molecule has 0 fully saturated rings. The number of hydrogen-bond acceptors (Lipinski definition) is 3. The molecule has 3 nitrogen and oxygen atoms in total. The minimum absolute atomic E-state index is 0.0363. The lowest BCUT2D eigenvalue weighted by atomic mass is 10.1. The maximum atomic E-state index is 11.4. The van der Waals surface area contributed by atoms with E-state index in [1.54, 1.807) is 13.8 Å². The summed E-state index contributed by atoms with van der Waals surface area (Å²) in [7, 11) is 0. The minimum Gasteiger partial charge on any atom is -0.488 e. The molecule has 0 aliphatic heterocycles. The first-order valence-corrected chi connectivity index (χ1v) is 5.81. The molecule has 1 aromatic rings. The maximum Gasteiger partial charge on any atom is 0.163 e. The lowest BCUT2D eigenvalue weighted by Gasteiger charge is -2.19. The van der Waals surface area contributed by atoms with Crippen molar-refractivity contribution in [3.8, 4) is 5.75 Å². The van der Waals surface area contributed by atoms with E-state index >= 15 is 0 Å². The normalized spacial score (nSPS) is 11.4. The van der Waals surface area contributed by atoms with Crippen LogP contribution >= 0.6 is 23.2 Å². The number of ketones is 1. The average molecular weight is 277 g/mol. The Labute approximate surface area is 110 Å². The van der Waals surface area contributed by atoms with Gasteiger partial charge in [0.15, 0.2) is 5.78 Å². The quantitative estimate of drug-likeness (QED) is 0.858. The van der Waals surface area contributed by atoms with E-state index in [1.165, 1.54) is 19.1 Å². The molecule has 0 aliphatic rings. The van der Waals surface area contributed by atoms with Crippen LogP contribution in [0.15, 0.2) is 12.1 Å². The summed E-state index contributed by atoms with van der Waals surface area (Å²) < 4.78 is 5.39. The Kier molecular flexibility index (Phi) is 4.42. The third-order valence-corrected chi connectivity index (χ3v) is 2.46. The van der Waals surface area contributed by atoms with E-state index in [4.69, 9.17) is 27.9 Å². The van der Waals surface area contributed by atoms with Gasteiger partial charge in [-0.1, -0.05) is 23.2 Å². The Morgan fingerprint density at radius 2 is 2.00 bits per heavy atom. The van der Waals surface area contributed by atoms with Gasteiger partial charge in [-0.15, -0.1) is 0 Å². The summed E-state index contributed by atoms with van der Waals surface area (Å²) in [6, 6.07) is 2.99. The zero-order valence-electron chi connectivity index (χ0n) is 9.88. The minimum atomic E-state index is -1.00. The van der Waals surface area contributed by atoms with Gasteiger partial charge >= 0.3 is 0 Å². The van der Waals surface area contributed by atoms with Crippen LogP contribution in [0.4, 0.5) is 0 Å². The Bertz CT molecular complexity index is 436. The fourth-order valence-electron chi connectivity index (χ4n) is 1.22. The standard InChI is InChI=1S/C12H14Cl2O3/c1-7(15)9-4-8(13)5-10(14)11(9)17-6-12(2,3)16/h4-5,16H,6H2,1-3H3. The summed E-state index contributed by atoms with van der Waals surface area (Å²) in [4.78, 5) is 11.4. The molecular weight excluding hydrogens is 263 g/mol. The molecule has 0 saturated carbocycles. The second-order valence-electron chi connectivity index (χ2n) is 4.42. The first-order valence-electron chi connectivity index (χ1n) is 5.06. The smallest absolute Gasteiger partial charge is 0.163 e. The topological polar surface area (TPSA) is 46.5 Å². The van der Waals surface area contributed by atoms with Gasteiger partial charge in [0.2, 0.25) is 0 Å². The van der Waals surface area contributed by atoms with Crippen molar-refractivity contribution in [3.05, 3.63) is 27.7 Å². The predicted molar refractivity (Wildman–Crippen MR) is 68.3 cm³/mol. The maximum absolute atomic E-state index is 11.4. The third-order valence-electron chi connectivity index (χ3n) is 1.96. The Hall–Kier alpha value is -0.770. The van der Waals surface area contributed by atoms with Crippen LogP contribution in [0.25, 0.3) is 0 Å². The van der Waals surface area contributed by atoms with E-state index in [0.29, 0.717) is 10.6 Å². The molecular formula is C12H14Cl2O3. The number of aliphatic hydroxyl groups is 1. The summed E-state index contributed by atoms with van der Waals surface area (Å²) in [5.74, 6) is 0.0610. The summed E-state index contributed by atoms with van der Waals surface area (Å²) in [5, 5.41) is 10.2. The predicted octanol–water partition coefficient (Wildman–Crippen LogP) is 3.35. The van der Waals surface area contributed by atoms with E-state index in [9.17, 15) is 9.90 Å². The Balaban J connectivity index is 3.09. The van der Waals surface area contributed by atoms with Crippen LogP contribution in [0.5, 0.6) is 5.75 Å². The monoisotopic (exact) mass is 276 g/mol. The van der Waals surface area contributed by atoms with E-state index in [0.717, 1.165) is 0 Å². The lowest BCUT2D eigenvalue weighted by Crippen LogP contribution is -2.28. The number of carbonyl (C=O) groups excluding carboxylic acids is 1. The molecule has 0 saturated heterocycles. The molecule has 1 aromatic carbocycles. The van der Waals surface area contributed by atoms with Gasteiger partial charge in [-0.2, -0.15) is 0 Å². The number of benzene rings is 1. The summed E-state index contributed by atoms with van der Waals surface area (Å²) in [5.41, 5.74) is -0.691. The highest BCUT2D eigenvalue weighted by molar-refractivity contribution is 6.36. The van der Waals surface area contributed by atoms with Gasteiger partial charge in [0, 0.05) is 5.02 Å². The number of hydrogen-bond donors (Lipinski definition) is 1. The van der Waals surface area contributed by atoms with Crippen molar-refractivity contribution < 1.29 is 14.6 Å². The first kappa shape index (κ1) is 14.3. The van der Waals surface area contributed by atoms with Crippen LogP contribution in [0.1, 0.15) is 31.1 Å². The van der Waals surface area contributed by atoms with Crippen LogP contribution in [0, 0.1) is 0 Å². The molecule has 0 atom stereocenters. The summed E-state index contributed by atoms with van der Waals surface area (Å²) in [6.07, 6.45) is 0. The molecule has 0 spiro atoms. The van der Waals surface area contributed by atoms with Crippen molar-refractivity contribution in [2.24, 2.45) is 0 Å². The molecule has 94 valence electrons. The number of carbonyl (C=O) groups is 1. The fraction of sp³-hybridized carbons (Fsp3) is 0.417. The van der Waals surface area contributed by atoms with Crippen LogP contribution in [-0.4, -0.2) is 23.1 Å². The molecule has 5 heteroatoms. The van der Waals surface area contributed by atoms with Gasteiger partial charge in [0.05, 0.1) is 16.2 Å². The van der Waals surface area contributed by atoms with Crippen molar-refractivity contribution in [2.45, 2.75) is 26.4 Å². The van der Waals surface area contributed by atoms with E-state index in [1.807, 2.05) is 0 Å². The molecule has 17 heavy (non-hydrogen) atoms. The van der Waals surface area contributed by atoms with E-state index in [2.05, 4.69) is 0 Å². The molecule has 0 unspecified atom stereocenters. The van der Waals surface area contributed by atoms with Crippen LogP contribution in [0.2, 0.25) is 10.0 Å². The van der Waals surface area contributed by atoms with Crippen LogP contribution in [0.3, 0.4) is 0 Å². The van der Waals surface area contributed by atoms with Gasteiger partial charge < -0.3 is 9.84 Å². The van der Waals surface area contributed by atoms with E-state index < -0.39 is 5.60 Å². The van der Waals surface area contributed by atoms with Gasteiger partial charge in [-0.05, 0) is 32.9 Å². The van der Waals surface area contributed by atoms with Crippen molar-refractivity contribution in [1.29, 1.82) is 0 Å². The molecule has 0 aliphatic carbocycles. The fourth-order valence-corrected chi connectivity index (χ4v) is 1.77. The largest absolute Gasteiger partial charge is 0.488 e. The first-order chi connectivity index (χ1) is 7.70. The number of rotatable bonds is 4. The Morgan fingerprint density at radius 3 is 2.47 bits per heavy atom. The third kappa shape index (κ3) is 4.19. The highest BCUT2D eigenvalue weighted by Gasteiger charge is 2.19. The molecule has 0 amide bonds. The summed E-state index contributed by atoms with van der Waals surface area (Å²) >= 11 is 11.8. The SMILES string of the molecule is CC(=O)c1cc(Cl)cc(Cl)c1OCC(C)(C)O. The average Bonchev–Trinajstić information content (AvgIpc) is 2.13. The van der Waals surface area contributed by atoms with Crippen molar-refractivity contribution in [1.82, 2.24) is 0 Å². The van der Waals surface area contributed by atoms with Crippen molar-refractivity contribution in [2.75, 3.05) is 6.61 Å². The molecule has 0 bridgehead atoms. The zero-order chi connectivity index (χ0) is 13.2. The molecule has 0 heterocycles. The lowest BCUT2D eigenvalue weighted by molar-refractivity contribution is 0.0281. The second-order valence-corrected chi connectivity index (χ2v) is 5.27. The second kappa shape index (κ2) is 5.25. The highest BCUT2D eigenvalue weighted by atomic mass is 35.5. The van der Waals surface area contributed by atoms with Crippen LogP contribution < -0.4 is 4.74 Å². The molecule has 0 aromatic heterocycles. The highest BCUT2D eigenvalue weighted by Crippen LogP contribution is 2.33. The van der Waals surface area contributed by atoms with Gasteiger partial charge in [0.25, 0.3) is 0 Å².